The summed E-state index contributed by atoms with van der Waals surface area (Å²) in [6.07, 6.45) is 1.05. The number of aromatic nitrogens is 2. The molecule has 0 unspecified atom stereocenters. The lowest BCUT2D eigenvalue weighted by atomic mass is 10.1. The molecular weight excluding hydrogens is 399 g/mol. The molecule has 0 aliphatic carbocycles. The van der Waals surface area contributed by atoms with Crippen molar-refractivity contribution in [3.8, 4) is 0 Å². The van der Waals surface area contributed by atoms with Crippen molar-refractivity contribution in [2.75, 3.05) is 21.9 Å². The Kier molecular flexibility index (Phi) is 5.27. The van der Waals surface area contributed by atoms with Crippen molar-refractivity contribution in [2.45, 2.75) is 19.4 Å². The molecule has 1 N–H and O–H groups in total. The van der Waals surface area contributed by atoms with Gasteiger partial charge in [-0.2, -0.15) is 0 Å². The van der Waals surface area contributed by atoms with Crippen molar-refractivity contribution in [2.24, 2.45) is 0 Å². The fraction of sp³-hybridized carbons (Fsp3) is 0.263. The topological polar surface area (TPSA) is 75.2 Å². The number of anilines is 2. The largest absolute Gasteiger partial charge is 0.356 e. The Morgan fingerprint density at radius 3 is 2.79 bits per heavy atom. The van der Waals surface area contributed by atoms with Crippen LogP contribution in [0.25, 0.3) is 0 Å². The predicted octanol–water partition coefficient (Wildman–Crippen LogP) is 3.42. The van der Waals surface area contributed by atoms with E-state index in [9.17, 15) is 12.8 Å². The molecule has 0 spiro atoms. The summed E-state index contributed by atoms with van der Waals surface area (Å²) in [6.45, 7) is 1.02. The number of halogens is 1. The maximum absolute atomic E-state index is 13.8. The summed E-state index contributed by atoms with van der Waals surface area (Å²) in [6, 6.07) is 14.1. The number of nitrogens with zero attached hydrogens (tertiary/aromatic N) is 3. The number of benzene rings is 2. The monoisotopic (exact) mass is 418 g/mol. The van der Waals surface area contributed by atoms with Gasteiger partial charge in [-0.15, -0.1) is 10.2 Å². The van der Waals surface area contributed by atoms with Gasteiger partial charge in [0.15, 0.2) is 0 Å². The highest BCUT2D eigenvalue weighted by Crippen LogP contribution is 2.25. The predicted molar refractivity (Wildman–Crippen MR) is 109 cm³/mol. The summed E-state index contributed by atoms with van der Waals surface area (Å²) in [5.41, 5.74) is 2.23. The van der Waals surface area contributed by atoms with Crippen LogP contribution in [0.1, 0.15) is 22.6 Å². The van der Waals surface area contributed by atoms with E-state index in [-0.39, 0.29) is 11.6 Å². The molecule has 1 aliphatic rings. The minimum Gasteiger partial charge on any atom is -0.356 e. The van der Waals surface area contributed by atoms with Crippen LogP contribution >= 0.6 is 11.3 Å². The van der Waals surface area contributed by atoms with E-state index < -0.39 is 10.0 Å². The van der Waals surface area contributed by atoms with E-state index in [2.05, 4.69) is 15.5 Å². The summed E-state index contributed by atoms with van der Waals surface area (Å²) in [7, 11) is -3.19. The molecule has 0 atom stereocenters. The molecular formula is C19H19FN4O2S2. The van der Waals surface area contributed by atoms with Crippen molar-refractivity contribution in [1.82, 2.24) is 10.2 Å². The Bertz CT molecular complexity index is 1080. The molecule has 1 fully saturated rings. The molecule has 1 saturated heterocycles. The third kappa shape index (κ3) is 4.15. The van der Waals surface area contributed by atoms with Gasteiger partial charge in [-0.1, -0.05) is 41.7 Å². The quantitative estimate of drug-likeness (QED) is 0.664. The Morgan fingerprint density at radius 2 is 2.00 bits per heavy atom. The molecule has 1 aliphatic heterocycles. The average Bonchev–Trinajstić information content (AvgIpc) is 3.27. The van der Waals surface area contributed by atoms with Crippen LogP contribution in [0.4, 0.5) is 15.2 Å². The zero-order valence-corrected chi connectivity index (χ0v) is 16.6. The van der Waals surface area contributed by atoms with E-state index in [1.807, 2.05) is 24.3 Å². The van der Waals surface area contributed by atoms with E-state index in [4.69, 9.17) is 0 Å². The summed E-state index contributed by atoms with van der Waals surface area (Å²) >= 11 is 1.38. The van der Waals surface area contributed by atoms with Crippen molar-refractivity contribution in [3.05, 3.63) is 70.5 Å². The minimum absolute atomic E-state index is 0.199. The highest BCUT2D eigenvalue weighted by atomic mass is 32.2. The van der Waals surface area contributed by atoms with E-state index in [0.717, 1.165) is 10.6 Å². The van der Waals surface area contributed by atoms with Crippen LogP contribution in [0, 0.1) is 5.82 Å². The lowest BCUT2D eigenvalue weighted by molar-refractivity contribution is 0.599. The molecule has 0 radical (unpaired) electrons. The second-order valence-corrected chi connectivity index (χ2v) is 9.61. The smallest absolute Gasteiger partial charge is 0.235 e. The fourth-order valence-electron chi connectivity index (χ4n) is 3.13. The lowest BCUT2D eigenvalue weighted by Gasteiger charge is -2.17. The first kappa shape index (κ1) is 18.8. The first-order valence-corrected chi connectivity index (χ1v) is 11.3. The maximum Gasteiger partial charge on any atom is 0.235 e. The zero-order chi connectivity index (χ0) is 19.6. The van der Waals surface area contributed by atoms with Gasteiger partial charge < -0.3 is 5.32 Å². The molecule has 0 amide bonds. The standard InChI is InChI=1S/C19H19FN4O2S2/c20-17-8-2-1-6-15(17)12-18-22-23-19(27-18)21-13-14-5-3-7-16(11-14)24-9-4-10-28(24,25)26/h1-3,5-8,11H,4,9-10,12-13H2,(H,21,23). The fourth-order valence-corrected chi connectivity index (χ4v) is 5.44. The van der Waals surface area contributed by atoms with Gasteiger partial charge in [-0.05, 0) is 35.7 Å². The van der Waals surface area contributed by atoms with Crippen LogP contribution in [0.5, 0.6) is 0 Å². The zero-order valence-electron chi connectivity index (χ0n) is 15.0. The van der Waals surface area contributed by atoms with Crippen molar-refractivity contribution >= 4 is 32.2 Å². The van der Waals surface area contributed by atoms with Gasteiger partial charge >= 0.3 is 0 Å². The molecule has 4 rings (SSSR count). The molecule has 9 heteroatoms. The van der Waals surface area contributed by atoms with E-state index in [1.54, 1.807) is 18.2 Å². The highest BCUT2D eigenvalue weighted by molar-refractivity contribution is 7.93. The van der Waals surface area contributed by atoms with Gasteiger partial charge in [0.05, 0.1) is 11.4 Å². The molecule has 2 aromatic carbocycles. The number of hydrogen-bond donors (Lipinski definition) is 1. The third-order valence-electron chi connectivity index (χ3n) is 4.51. The number of nitrogens with one attached hydrogen (secondary N) is 1. The molecule has 146 valence electrons. The van der Waals surface area contributed by atoms with E-state index in [0.29, 0.717) is 42.3 Å². The first-order valence-electron chi connectivity index (χ1n) is 8.90. The van der Waals surface area contributed by atoms with Crippen molar-refractivity contribution in [1.29, 1.82) is 0 Å². The second-order valence-electron chi connectivity index (χ2n) is 6.53. The van der Waals surface area contributed by atoms with Crippen LogP contribution in [-0.4, -0.2) is 30.9 Å². The van der Waals surface area contributed by atoms with Gasteiger partial charge in [-0.3, -0.25) is 4.31 Å². The number of rotatable bonds is 6. The SMILES string of the molecule is O=S1(=O)CCCN1c1cccc(CNc2nnc(Cc3ccccc3F)s2)c1. The Hall–Kier alpha value is -2.52. The second kappa shape index (κ2) is 7.84. The lowest BCUT2D eigenvalue weighted by Crippen LogP contribution is -2.25. The molecule has 3 aromatic rings. The van der Waals surface area contributed by atoms with Crippen LogP contribution in [0.3, 0.4) is 0 Å². The Morgan fingerprint density at radius 1 is 1.14 bits per heavy atom. The van der Waals surface area contributed by atoms with Crippen LogP contribution < -0.4 is 9.62 Å². The average molecular weight is 419 g/mol. The molecule has 0 bridgehead atoms. The molecule has 0 saturated carbocycles. The third-order valence-corrected chi connectivity index (χ3v) is 7.26. The first-order chi connectivity index (χ1) is 13.5. The number of hydrogen-bond acceptors (Lipinski definition) is 6. The van der Waals surface area contributed by atoms with Gasteiger partial charge in [0, 0.05) is 19.5 Å². The van der Waals surface area contributed by atoms with E-state index in [1.165, 1.54) is 21.7 Å². The summed E-state index contributed by atoms with van der Waals surface area (Å²) in [5.74, 6) is -0.0497. The maximum atomic E-state index is 13.8. The van der Waals surface area contributed by atoms with Crippen molar-refractivity contribution in [3.63, 3.8) is 0 Å². The normalized spacial score (nSPS) is 15.7. The van der Waals surface area contributed by atoms with Crippen LogP contribution in [0.15, 0.2) is 48.5 Å². The molecule has 1 aromatic heterocycles. The Labute approximate surface area is 167 Å². The highest BCUT2D eigenvalue weighted by Gasteiger charge is 2.28. The van der Waals surface area contributed by atoms with Gasteiger partial charge in [-0.25, -0.2) is 12.8 Å². The van der Waals surface area contributed by atoms with Gasteiger partial charge in [0.2, 0.25) is 15.2 Å². The minimum atomic E-state index is -3.19. The molecule has 28 heavy (non-hydrogen) atoms. The Balaban J connectivity index is 1.41. The number of sulfonamides is 1. The van der Waals surface area contributed by atoms with Crippen LogP contribution in [0.2, 0.25) is 0 Å². The molecule has 6 nitrogen and oxygen atoms in total. The summed E-state index contributed by atoms with van der Waals surface area (Å²) < 4.78 is 39.4. The van der Waals surface area contributed by atoms with Gasteiger partial charge in [0.25, 0.3) is 0 Å². The summed E-state index contributed by atoms with van der Waals surface area (Å²) in [4.78, 5) is 0. The summed E-state index contributed by atoms with van der Waals surface area (Å²) in [5, 5.41) is 12.8. The van der Waals surface area contributed by atoms with Crippen molar-refractivity contribution < 1.29 is 12.8 Å². The van der Waals surface area contributed by atoms with E-state index >= 15 is 0 Å². The van der Waals surface area contributed by atoms with Gasteiger partial charge in [0.1, 0.15) is 10.8 Å². The molecule has 2 heterocycles. The van der Waals surface area contributed by atoms with Crippen LogP contribution in [-0.2, 0) is 23.0 Å².